The van der Waals surface area contributed by atoms with Gasteiger partial charge in [-0.3, -0.25) is 9.59 Å². The number of rotatable bonds is 7. The molecule has 0 unspecified atom stereocenters. The molecule has 2 N–H and O–H groups in total. The van der Waals surface area contributed by atoms with Gasteiger partial charge in [-0.2, -0.15) is 5.10 Å². The van der Waals surface area contributed by atoms with Gasteiger partial charge in [0.15, 0.2) is 0 Å². The highest BCUT2D eigenvalue weighted by Crippen LogP contribution is 2.27. The topological polar surface area (TPSA) is 76.0 Å². The Morgan fingerprint density at radius 2 is 1.92 bits per heavy atom. The number of hydrogen-bond acceptors (Lipinski definition) is 4. The number of carbonyl (C=O) groups is 2. The van der Waals surface area contributed by atoms with E-state index in [9.17, 15) is 9.59 Å². The Morgan fingerprint density at radius 3 is 2.62 bits per heavy atom. The first kappa shape index (κ1) is 17.9. The van der Waals surface area contributed by atoms with Crippen molar-refractivity contribution >= 4 is 23.2 Å². The third kappa shape index (κ3) is 4.18. The summed E-state index contributed by atoms with van der Waals surface area (Å²) in [6, 6.07) is 13.4. The second-order valence-electron chi connectivity index (χ2n) is 5.68. The zero-order valence-electron chi connectivity index (χ0n) is 14.4. The van der Waals surface area contributed by atoms with Crippen LogP contribution in [-0.4, -0.2) is 34.7 Å². The molecule has 0 bridgehead atoms. The van der Waals surface area contributed by atoms with E-state index in [1.54, 1.807) is 10.9 Å². The van der Waals surface area contributed by atoms with E-state index < -0.39 is 0 Å². The Kier molecular flexibility index (Phi) is 5.80. The van der Waals surface area contributed by atoms with Crippen LogP contribution >= 0.6 is 11.3 Å². The first-order valence-electron chi connectivity index (χ1n) is 8.43. The van der Waals surface area contributed by atoms with Crippen LogP contribution in [0, 0.1) is 0 Å². The third-order valence-electron chi connectivity index (χ3n) is 3.72. The minimum absolute atomic E-state index is 0.0563. The Morgan fingerprint density at radius 1 is 1.12 bits per heavy atom. The monoisotopic (exact) mass is 368 g/mol. The van der Waals surface area contributed by atoms with Crippen molar-refractivity contribution in [2.45, 2.75) is 13.3 Å². The summed E-state index contributed by atoms with van der Waals surface area (Å²) < 4.78 is 1.68. The highest BCUT2D eigenvalue weighted by atomic mass is 32.1. The van der Waals surface area contributed by atoms with Crippen LogP contribution in [0.5, 0.6) is 0 Å². The molecule has 2 aromatic heterocycles. The van der Waals surface area contributed by atoms with Crippen LogP contribution in [0.3, 0.4) is 0 Å². The number of amides is 2. The Bertz CT molecular complexity index is 872. The molecule has 1 aromatic carbocycles. The van der Waals surface area contributed by atoms with Crippen LogP contribution in [0.4, 0.5) is 0 Å². The quantitative estimate of drug-likeness (QED) is 0.673. The first-order valence-corrected chi connectivity index (χ1v) is 9.31. The van der Waals surface area contributed by atoms with E-state index in [1.807, 2.05) is 54.8 Å². The first-order chi connectivity index (χ1) is 12.7. The van der Waals surface area contributed by atoms with Gasteiger partial charge in [-0.05, 0) is 30.0 Å². The smallest absolute Gasteiger partial charge is 0.255 e. The van der Waals surface area contributed by atoms with Crippen molar-refractivity contribution in [2.75, 3.05) is 13.1 Å². The van der Waals surface area contributed by atoms with Gasteiger partial charge in [0.1, 0.15) is 5.69 Å². The maximum absolute atomic E-state index is 12.6. The van der Waals surface area contributed by atoms with Gasteiger partial charge in [0.25, 0.3) is 5.91 Å². The van der Waals surface area contributed by atoms with Crippen LogP contribution in [0.1, 0.15) is 23.7 Å². The molecule has 0 aliphatic carbocycles. The Balaban J connectivity index is 1.84. The van der Waals surface area contributed by atoms with Crippen molar-refractivity contribution in [1.82, 2.24) is 20.4 Å². The zero-order chi connectivity index (χ0) is 18.4. The van der Waals surface area contributed by atoms with Gasteiger partial charge >= 0.3 is 0 Å². The highest BCUT2D eigenvalue weighted by Gasteiger charge is 2.19. The molecular weight excluding hydrogens is 348 g/mol. The lowest BCUT2D eigenvalue weighted by atomic mass is 10.2. The Labute approximate surface area is 155 Å². The molecule has 3 aromatic rings. The predicted molar refractivity (Wildman–Crippen MR) is 103 cm³/mol. The molecule has 0 saturated heterocycles. The molecule has 2 heterocycles. The number of aromatic nitrogens is 2. The summed E-state index contributed by atoms with van der Waals surface area (Å²) >= 11 is 1.52. The van der Waals surface area contributed by atoms with Gasteiger partial charge in [-0.1, -0.05) is 31.2 Å². The largest absolute Gasteiger partial charge is 0.355 e. The average molecular weight is 368 g/mol. The van der Waals surface area contributed by atoms with Gasteiger partial charge in [-0.25, -0.2) is 4.68 Å². The fraction of sp³-hybridized carbons (Fsp3) is 0.211. The Hall–Kier alpha value is -2.93. The minimum atomic E-state index is -0.317. The maximum atomic E-state index is 12.6. The van der Waals surface area contributed by atoms with E-state index in [1.165, 1.54) is 11.3 Å². The normalized spacial score (nSPS) is 10.5. The van der Waals surface area contributed by atoms with Crippen LogP contribution < -0.4 is 10.6 Å². The number of nitrogens with zero attached hydrogens (tertiary/aromatic N) is 2. The van der Waals surface area contributed by atoms with Gasteiger partial charge in [0.05, 0.1) is 22.7 Å². The molecule has 26 heavy (non-hydrogen) atoms. The summed E-state index contributed by atoms with van der Waals surface area (Å²) in [6.45, 7) is 2.52. The van der Waals surface area contributed by atoms with Crippen molar-refractivity contribution in [1.29, 1.82) is 0 Å². The lowest BCUT2D eigenvalue weighted by molar-refractivity contribution is -0.120. The third-order valence-corrected chi connectivity index (χ3v) is 4.59. The summed E-state index contributed by atoms with van der Waals surface area (Å²) in [5, 5.41) is 11.9. The predicted octanol–water partition coefficient (Wildman–Crippen LogP) is 2.86. The number of carbonyl (C=O) groups excluding carboxylic acids is 2. The van der Waals surface area contributed by atoms with E-state index in [2.05, 4.69) is 15.7 Å². The van der Waals surface area contributed by atoms with Crippen LogP contribution in [-0.2, 0) is 4.79 Å². The molecule has 3 rings (SSSR count). The second kappa shape index (κ2) is 8.44. The molecule has 0 fully saturated rings. The zero-order valence-corrected chi connectivity index (χ0v) is 15.3. The molecular formula is C19H20N4O2S. The molecule has 0 radical (unpaired) electrons. The number of benzene rings is 1. The molecule has 0 atom stereocenters. The molecule has 7 heteroatoms. The number of thiophene rings is 1. The number of nitrogens with one attached hydrogen (secondary N) is 2. The molecule has 0 saturated carbocycles. The highest BCUT2D eigenvalue weighted by molar-refractivity contribution is 7.13. The molecule has 134 valence electrons. The number of hydrogen-bond donors (Lipinski definition) is 2. The van der Waals surface area contributed by atoms with Gasteiger partial charge < -0.3 is 10.6 Å². The maximum Gasteiger partial charge on any atom is 0.255 e. The van der Waals surface area contributed by atoms with Crippen LogP contribution in [0.2, 0.25) is 0 Å². The van der Waals surface area contributed by atoms with Gasteiger partial charge in [0, 0.05) is 12.7 Å². The number of para-hydroxylation sites is 1. The second-order valence-corrected chi connectivity index (χ2v) is 6.63. The lowest BCUT2D eigenvalue weighted by Gasteiger charge is -2.05. The molecule has 6 nitrogen and oxygen atoms in total. The molecule has 0 aliphatic rings. The average Bonchev–Trinajstić information content (AvgIpc) is 3.34. The van der Waals surface area contributed by atoms with E-state index in [4.69, 9.17) is 0 Å². The summed E-state index contributed by atoms with van der Waals surface area (Å²) in [7, 11) is 0. The van der Waals surface area contributed by atoms with Crippen molar-refractivity contribution in [3.8, 4) is 16.3 Å². The molecule has 0 aliphatic heterocycles. The fourth-order valence-corrected chi connectivity index (χ4v) is 3.15. The van der Waals surface area contributed by atoms with Crippen molar-refractivity contribution in [2.24, 2.45) is 0 Å². The van der Waals surface area contributed by atoms with Crippen LogP contribution in [0.25, 0.3) is 16.3 Å². The summed E-state index contributed by atoms with van der Waals surface area (Å²) in [4.78, 5) is 25.3. The van der Waals surface area contributed by atoms with Crippen molar-refractivity contribution in [3.63, 3.8) is 0 Å². The van der Waals surface area contributed by atoms with Crippen LogP contribution in [0.15, 0.2) is 54.0 Å². The lowest BCUT2D eigenvalue weighted by Crippen LogP contribution is -2.37. The SMILES string of the molecule is CCCNC(=O)CNC(=O)c1cn(-c2ccccc2)nc1-c1cccs1. The summed E-state index contributed by atoms with van der Waals surface area (Å²) in [6.07, 6.45) is 2.55. The van der Waals surface area contributed by atoms with E-state index in [0.29, 0.717) is 17.8 Å². The van der Waals surface area contributed by atoms with Gasteiger partial charge in [-0.15, -0.1) is 11.3 Å². The standard InChI is InChI=1S/C19H20N4O2S/c1-2-10-20-17(24)12-21-19(25)15-13-23(14-7-4-3-5-8-14)22-18(15)16-9-6-11-26-16/h3-9,11,13H,2,10,12H2,1H3,(H,20,24)(H,21,25). The summed E-state index contributed by atoms with van der Waals surface area (Å²) in [5.74, 6) is -0.518. The van der Waals surface area contributed by atoms with Crippen molar-refractivity contribution in [3.05, 3.63) is 59.6 Å². The summed E-state index contributed by atoms with van der Waals surface area (Å²) in [5.41, 5.74) is 1.92. The van der Waals surface area contributed by atoms with Crippen molar-refractivity contribution < 1.29 is 9.59 Å². The molecule has 2 amide bonds. The fourth-order valence-electron chi connectivity index (χ4n) is 2.43. The van der Waals surface area contributed by atoms with E-state index in [-0.39, 0.29) is 18.4 Å². The molecule has 0 spiro atoms. The van der Waals surface area contributed by atoms with E-state index in [0.717, 1.165) is 17.0 Å². The minimum Gasteiger partial charge on any atom is -0.355 e. The van der Waals surface area contributed by atoms with E-state index >= 15 is 0 Å². The van der Waals surface area contributed by atoms with Gasteiger partial charge in [0.2, 0.25) is 5.91 Å².